The quantitative estimate of drug-likeness (QED) is 0.908. The molecule has 100 valence electrons. The van der Waals surface area contributed by atoms with Crippen LogP contribution in [0, 0.1) is 0 Å². The Morgan fingerprint density at radius 1 is 1.32 bits per heavy atom. The molecule has 0 aliphatic heterocycles. The van der Waals surface area contributed by atoms with Gasteiger partial charge in [0.2, 0.25) is 0 Å². The number of aromatic nitrogens is 1. The minimum atomic E-state index is 0.0256. The van der Waals surface area contributed by atoms with E-state index in [0.29, 0.717) is 11.6 Å². The van der Waals surface area contributed by atoms with Crippen molar-refractivity contribution in [1.29, 1.82) is 0 Å². The molecule has 1 N–H and O–H groups in total. The topological polar surface area (TPSA) is 34.1 Å². The third-order valence-electron chi connectivity index (χ3n) is 2.84. The maximum atomic E-state index is 5.87. The summed E-state index contributed by atoms with van der Waals surface area (Å²) in [6.07, 6.45) is 1.66. The fraction of sp³-hybridized carbons (Fsp3) is 0.267. The molecule has 0 saturated carbocycles. The molecule has 19 heavy (non-hydrogen) atoms. The largest absolute Gasteiger partial charge is 0.494 e. The van der Waals surface area contributed by atoms with Crippen LogP contribution in [0.3, 0.4) is 0 Å². The highest BCUT2D eigenvalue weighted by atomic mass is 35.5. The van der Waals surface area contributed by atoms with Crippen molar-refractivity contribution >= 4 is 11.6 Å². The fourth-order valence-corrected chi connectivity index (χ4v) is 2.11. The maximum Gasteiger partial charge on any atom is 0.119 e. The van der Waals surface area contributed by atoms with E-state index in [1.807, 2.05) is 44.3 Å². The molecular weight excluding hydrogens is 260 g/mol. The zero-order valence-electron chi connectivity index (χ0n) is 11.1. The monoisotopic (exact) mass is 276 g/mol. The van der Waals surface area contributed by atoms with Crippen LogP contribution in [0.25, 0.3) is 0 Å². The van der Waals surface area contributed by atoms with Crippen molar-refractivity contribution in [3.05, 3.63) is 58.9 Å². The van der Waals surface area contributed by atoms with Gasteiger partial charge in [-0.05, 0) is 43.8 Å². The van der Waals surface area contributed by atoms with Crippen molar-refractivity contribution in [2.45, 2.75) is 13.0 Å². The van der Waals surface area contributed by atoms with Crippen molar-refractivity contribution in [2.24, 2.45) is 0 Å². The lowest BCUT2D eigenvalue weighted by atomic mass is 10.0. The number of hydrogen-bond donors (Lipinski definition) is 1. The molecule has 0 saturated heterocycles. The second kappa shape index (κ2) is 6.55. The Bertz CT molecular complexity index is 528. The van der Waals surface area contributed by atoms with Gasteiger partial charge in [0.25, 0.3) is 0 Å². The molecule has 2 rings (SSSR count). The van der Waals surface area contributed by atoms with Gasteiger partial charge in [-0.2, -0.15) is 0 Å². The average Bonchev–Trinajstić information content (AvgIpc) is 2.43. The molecule has 1 heterocycles. The van der Waals surface area contributed by atoms with Gasteiger partial charge in [-0.1, -0.05) is 23.7 Å². The normalized spacial score (nSPS) is 12.2. The van der Waals surface area contributed by atoms with Crippen molar-refractivity contribution < 1.29 is 4.74 Å². The molecule has 2 aromatic rings. The minimum Gasteiger partial charge on any atom is -0.494 e. The summed E-state index contributed by atoms with van der Waals surface area (Å²) in [5, 5.41) is 3.90. The van der Waals surface area contributed by atoms with E-state index < -0.39 is 0 Å². The zero-order chi connectivity index (χ0) is 13.7. The van der Waals surface area contributed by atoms with Gasteiger partial charge < -0.3 is 10.1 Å². The molecule has 0 radical (unpaired) electrons. The molecule has 0 bridgehead atoms. The SMILES string of the molecule is CCOc1cccc(C(NC)c2ccc(Cl)cn2)c1. The lowest BCUT2D eigenvalue weighted by molar-refractivity contribution is 0.339. The third kappa shape index (κ3) is 3.46. The summed E-state index contributed by atoms with van der Waals surface area (Å²) in [5.41, 5.74) is 2.05. The molecule has 3 nitrogen and oxygen atoms in total. The number of rotatable bonds is 5. The first-order valence-corrected chi connectivity index (χ1v) is 6.64. The van der Waals surface area contributed by atoms with E-state index >= 15 is 0 Å². The molecule has 0 spiro atoms. The van der Waals surface area contributed by atoms with Crippen molar-refractivity contribution in [2.75, 3.05) is 13.7 Å². The van der Waals surface area contributed by atoms with Gasteiger partial charge in [0.15, 0.2) is 0 Å². The van der Waals surface area contributed by atoms with E-state index in [2.05, 4.69) is 16.4 Å². The third-order valence-corrected chi connectivity index (χ3v) is 3.06. The van der Waals surface area contributed by atoms with Crippen LogP contribution in [-0.4, -0.2) is 18.6 Å². The number of hydrogen-bond acceptors (Lipinski definition) is 3. The highest BCUT2D eigenvalue weighted by molar-refractivity contribution is 6.30. The second-order valence-corrected chi connectivity index (χ2v) is 4.56. The molecule has 0 fully saturated rings. The van der Waals surface area contributed by atoms with E-state index in [1.165, 1.54) is 0 Å². The summed E-state index contributed by atoms with van der Waals surface area (Å²) < 4.78 is 5.53. The van der Waals surface area contributed by atoms with E-state index in [0.717, 1.165) is 17.0 Å². The second-order valence-electron chi connectivity index (χ2n) is 4.13. The van der Waals surface area contributed by atoms with Crippen LogP contribution >= 0.6 is 11.6 Å². The van der Waals surface area contributed by atoms with Crippen LogP contribution in [-0.2, 0) is 0 Å². The number of pyridine rings is 1. The first kappa shape index (κ1) is 13.8. The Hall–Kier alpha value is -1.58. The molecule has 1 aromatic heterocycles. The highest BCUT2D eigenvalue weighted by Gasteiger charge is 2.13. The molecule has 0 amide bonds. The summed E-state index contributed by atoms with van der Waals surface area (Å²) in [7, 11) is 1.91. The number of nitrogens with zero attached hydrogens (tertiary/aromatic N) is 1. The number of ether oxygens (including phenoxy) is 1. The Kier molecular flexibility index (Phi) is 4.77. The Morgan fingerprint density at radius 3 is 2.79 bits per heavy atom. The minimum absolute atomic E-state index is 0.0256. The van der Waals surface area contributed by atoms with Gasteiger partial charge in [0.05, 0.1) is 23.4 Å². The summed E-state index contributed by atoms with van der Waals surface area (Å²) in [6.45, 7) is 2.63. The maximum absolute atomic E-state index is 5.87. The van der Waals surface area contributed by atoms with E-state index in [-0.39, 0.29) is 6.04 Å². The van der Waals surface area contributed by atoms with Crippen LogP contribution in [0.5, 0.6) is 5.75 Å². The van der Waals surface area contributed by atoms with Crippen LogP contribution in [0.4, 0.5) is 0 Å². The zero-order valence-corrected chi connectivity index (χ0v) is 11.8. The number of halogens is 1. The summed E-state index contributed by atoms with van der Waals surface area (Å²) in [4.78, 5) is 4.37. The predicted octanol–water partition coefficient (Wildman–Crippen LogP) is 3.44. The molecule has 4 heteroatoms. The van der Waals surface area contributed by atoms with Gasteiger partial charge in [0.1, 0.15) is 5.75 Å². The molecule has 1 unspecified atom stereocenters. The van der Waals surface area contributed by atoms with Gasteiger partial charge in [-0.3, -0.25) is 4.98 Å². The fourth-order valence-electron chi connectivity index (χ4n) is 1.99. The smallest absolute Gasteiger partial charge is 0.119 e. The van der Waals surface area contributed by atoms with Crippen molar-refractivity contribution in [3.8, 4) is 5.75 Å². The van der Waals surface area contributed by atoms with E-state index in [1.54, 1.807) is 6.20 Å². The van der Waals surface area contributed by atoms with Gasteiger partial charge in [-0.25, -0.2) is 0 Å². The molecule has 0 aliphatic rings. The molecule has 1 atom stereocenters. The highest BCUT2D eigenvalue weighted by Crippen LogP contribution is 2.24. The summed E-state index contributed by atoms with van der Waals surface area (Å²) >= 11 is 5.87. The number of benzene rings is 1. The van der Waals surface area contributed by atoms with Crippen LogP contribution in [0.2, 0.25) is 5.02 Å². The van der Waals surface area contributed by atoms with E-state index in [9.17, 15) is 0 Å². The van der Waals surface area contributed by atoms with Crippen LogP contribution < -0.4 is 10.1 Å². The number of nitrogens with one attached hydrogen (secondary N) is 1. The lowest BCUT2D eigenvalue weighted by Gasteiger charge is -2.17. The van der Waals surface area contributed by atoms with Crippen molar-refractivity contribution in [3.63, 3.8) is 0 Å². The Balaban J connectivity index is 2.30. The Labute approximate surface area is 118 Å². The van der Waals surface area contributed by atoms with E-state index in [4.69, 9.17) is 16.3 Å². The first-order valence-electron chi connectivity index (χ1n) is 6.26. The predicted molar refractivity (Wildman–Crippen MR) is 77.8 cm³/mol. The van der Waals surface area contributed by atoms with Crippen molar-refractivity contribution in [1.82, 2.24) is 10.3 Å². The molecule has 1 aromatic carbocycles. The first-order chi connectivity index (χ1) is 9.24. The van der Waals surface area contributed by atoms with Gasteiger partial charge in [-0.15, -0.1) is 0 Å². The standard InChI is InChI=1S/C15H17ClN2O/c1-3-19-13-6-4-5-11(9-13)15(17-2)14-8-7-12(16)10-18-14/h4-10,15,17H,3H2,1-2H3. The summed E-state index contributed by atoms with van der Waals surface area (Å²) in [5.74, 6) is 0.870. The summed E-state index contributed by atoms with van der Waals surface area (Å²) in [6, 6.07) is 11.8. The molecular formula is C15H17ClN2O. The average molecular weight is 277 g/mol. The van der Waals surface area contributed by atoms with Gasteiger partial charge in [0, 0.05) is 6.20 Å². The van der Waals surface area contributed by atoms with Crippen LogP contribution in [0.15, 0.2) is 42.6 Å². The lowest BCUT2D eigenvalue weighted by Crippen LogP contribution is -2.18. The van der Waals surface area contributed by atoms with Crippen LogP contribution in [0.1, 0.15) is 24.2 Å². The van der Waals surface area contributed by atoms with Gasteiger partial charge >= 0.3 is 0 Å². The molecule has 0 aliphatic carbocycles. The Morgan fingerprint density at radius 2 is 2.16 bits per heavy atom.